The summed E-state index contributed by atoms with van der Waals surface area (Å²) in [7, 11) is 0. The Morgan fingerprint density at radius 3 is 2.52 bits per heavy atom. The van der Waals surface area contributed by atoms with Crippen LogP contribution in [-0.2, 0) is 4.74 Å². The number of hydrogen-bond acceptors (Lipinski definition) is 6. The fourth-order valence-electron chi connectivity index (χ4n) is 2.22. The Hall–Kier alpha value is -2.26. The van der Waals surface area contributed by atoms with Gasteiger partial charge in [-0.15, -0.1) is 0 Å². The van der Waals surface area contributed by atoms with Crippen LogP contribution in [0.25, 0.3) is 0 Å². The SMILES string of the molecule is O=[N+]([O-])c1ccc(NCC[NH+]2CCOCC2)c([N+](=O)[O-])c1. The van der Waals surface area contributed by atoms with Crippen molar-refractivity contribution in [2.45, 2.75) is 0 Å². The summed E-state index contributed by atoms with van der Waals surface area (Å²) in [5.41, 5.74) is -0.259. The van der Waals surface area contributed by atoms with Crippen molar-refractivity contribution in [1.82, 2.24) is 0 Å². The largest absolute Gasteiger partial charge is 0.374 e. The number of hydrogen-bond donors (Lipinski definition) is 2. The van der Waals surface area contributed by atoms with Gasteiger partial charge in [-0.1, -0.05) is 0 Å². The molecular formula is C12H17N4O5+. The van der Waals surface area contributed by atoms with Gasteiger partial charge < -0.3 is 15.0 Å². The molecule has 0 atom stereocenters. The number of nitro benzene ring substituents is 2. The fourth-order valence-corrected chi connectivity index (χ4v) is 2.22. The molecule has 0 saturated carbocycles. The van der Waals surface area contributed by atoms with Gasteiger partial charge in [-0.05, 0) is 6.07 Å². The van der Waals surface area contributed by atoms with Crippen LogP contribution in [0, 0.1) is 20.2 Å². The van der Waals surface area contributed by atoms with Crippen LogP contribution in [-0.4, -0.2) is 49.2 Å². The number of quaternary nitrogens is 1. The van der Waals surface area contributed by atoms with Crippen LogP contribution >= 0.6 is 0 Å². The molecule has 0 amide bonds. The Morgan fingerprint density at radius 1 is 1.19 bits per heavy atom. The summed E-state index contributed by atoms with van der Waals surface area (Å²) < 4.78 is 5.26. The van der Waals surface area contributed by atoms with Gasteiger partial charge in [-0.25, -0.2) is 0 Å². The first kappa shape index (κ1) is 15.1. The molecule has 1 saturated heterocycles. The third kappa shape index (κ3) is 4.10. The minimum absolute atomic E-state index is 0.277. The first-order valence-corrected chi connectivity index (χ1v) is 6.66. The van der Waals surface area contributed by atoms with E-state index >= 15 is 0 Å². The summed E-state index contributed by atoms with van der Waals surface area (Å²) >= 11 is 0. The van der Waals surface area contributed by atoms with Crippen molar-refractivity contribution >= 4 is 17.1 Å². The van der Waals surface area contributed by atoms with Gasteiger partial charge in [-0.2, -0.15) is 0 Å². The van der Waals surface area contributed by atoms with E-state index in [1.807, 2.05) is 0 Å². The number of non-ortho nitro benzene ring substituents is 1. The number of nitrogens with one attached hydrogen (secondary N) is 2. The summed E-state index contributed by atoms with van der Waals surface area (Å²) in [5, 5.41) is 24.6. The highest BCUT2D eigenvalue weighted by atomic mass is 16.6. The molecule has 9 heteroatoms. The summed E-state index contributed by atoms with van der Waals surface area (Å²) in [6.45, 7) is 4.68. The molecule has 1 aliphatic heterocycles. The smallest absolute Gasteiger partial charge is 0.299 e. The van der Waals surface area contributed by atoms with Crippen molar-refractivity contribution in [3.63, 3.8) is 0 Å². The van der Waals surface area contributed by atoms with Gasteiger partial charge in [0, 0.05) is 6.07 Å². The molecule has 9 nitrogen and oxygen atoms in total. The summed E-state index contributed by atoms with van der Waals surface area (Å²) in [4.78, 5) is 21.8. The third-order valence-corrected chi connectivity index (χ3v) is 3.38. The first-order chi connectivity index (χ1) is 10.1. The highest BCUT2D eigenvalue weighted by Gasteiger charge is 2.20. The van der Waals surface area contributed by atoms with Gasteiger partial charge >= 0.3 is 0 Å². The average molecular weight is 297 g/mol. The maximum atomic E-state index is 11.0. The lowest BCUT2D eigenvalue weighted by atomic mass is 10.2. The lowest BCUT2D eigenvalue weighted by Gasteiger charge is -2.23. The zero-order chi connectivity index (χ0) is 15.2. The summed E-state index contributed by atoms with van der Waals surface area (Å²) in [6, 6.07) is 3.62. The van der Waals surface area contributed by atoms with Crippen molar-refractivity contribution < 1.29 is 19.5 Å². The van der Waals surface area contributed by atoms with Crippen LogP contribution in [0.5, 0.6) is 0 Å². The topological polar surface area (TPSA) is 112 Å². The minimum atomic E-state index is -0.644. The molecule has 0 unspecified atom stereocenters. The van der Waals surface area contributed by atoms with E-state index < -0.39 is 9.85 Å². The second kappa shape index (κ2) is 6.95. The molecule has 1 aromatic carbocycles. The number of anilines is 1. The number of nitro groups is 2. The highest BCUT2D eigenvalue weighted by molar-refractivity contribution is 5.65. The minimum Gasteiger partial charge on any atom is -0.374 e. The van der Waals surface area contributed by atoms with Gasteiger partial charge in [-0.3, -0.25) is 20.2 Å². The van der Waals surface area contributed by atoms with E-state index in [0.717, 1.165) is 38.9 Å². The van der Waals surface area contributed by atoms with E-state index in [1.165, 1.54) is 17.0 Å². The van der Waals surface area contributed by atoms with Crippen LogP contribution in [0.1, 0.15) is 0 Å². The molecule has 1 heterocycles. The van der Waals surface area contributed by atoms with Crippen LogP contribution in [0.15, 0.2) is 18.2 Å². The van der Waals surface area contributed by atoms with Gasteiger partial charge in [0.15, 0.2) is 0 Å². The second-order valence-electron chi connectivity index (χ2n) is 4.75. The van der Waals surface area contributed by atoms with Crippen molar-refractivity contribution in [3.05, 3.63) is 38.4 Å². The van der Waals surface area contributed by atoms with Crippen LogP contribution in [0.3, 0.4) is 0 Å². The van der Waals surface area contributed by atoms with Crippen molar-refractivity contribution in [2.24, 2.45) is 0 Å². The average Bonchev–Trinajstić information content (AvgIpc) is 2.48. The van der Waals surface area contributed by atoms with E-state index in [0.29, 0.717) is 12.2 Å². The van der Waals surface area contributed by atoms with Gasteiger partial charge in [0.05, 0.1) is 42.2 Å². The number of morpholine rings is 1. The van der Waals surface area contributed by atoms with Gasteiger partial charge in [0.25, 0.3) is 11.4 Å². The lowest BCUT2D eigenvalue weighted by molar-refractivity contribution is -0.906. The first-order valence-electron chi connectivity index (χ1n) is 6.66. The third-order valence-electron chi connectivity index (χ3n) is 3.38. The molecule has 0 bridgehead atoms. The van der Waals surface area contributed by atoms with Crippen LogP contribution < -0.4 is 10.2 Å². The summed E-state index contributed by atoms with van der Waals surface area (Å²) in [6.07, 6.45) is 0. The van der Waals surface area contributed by atoms with Gasteiger partial charge in [0.2, 0.25) is 0 Å². The molecule has 2 N–H and O–H groups in total. The zero-order valence-corrected chi connectivity index (χ0v) is 11.4. The molecule has 0 spiro atoms. The molecule has 1 fully saturated rings. The molecule has 0 radical (unpaired) electrons. The van der Waals surface area contributed by atoms with Crippen LogP contribution in [0.2, 0.25) is 0 Å². The Kier molecular flexibility index (Phi) is 5.01. The molecular weight excluding hydrogens is 280 g/mol. The number of rotatable bonds is 6. The van der Waals surface area contributed by atoms with Crippen molar-refractivity contribution in [1.29, 1.82) is 0 Å². The Balaban J connectivity index is 1.98. The molecule has 2 rings (SSSR count). The number of ether oxygens (including phenoxy) is 1. The predicted octanol–water partition coefficient (Wildman–Crippen LogP) is -0.170. The van der Waals surface area contributed by atoms with Crippen LogP contribution in [0.4, 0.5) is 17.1 Å². The van der Waals surface area contributed by atoms with E-state index in [1.54, 1.807) is 0 Å². The van der Waals surface area contributed by atoms with E-state index in [-0.39, 0.29) is 11.4 Å². The number of benzene rings is 1. The van der Waals surface area contributed by atoms with E-state index in [2.05, 4.69) is 5.32 Å². The summed E-state index contributed by atoms with van der Waals surface area (Å²) in [5.74, 6) is 0. The number of nitrogens with zero attached hydrogens (tertiary/aromatic N) is 2. The molecule has 114 valence electrons. The van der Waals surface area contributed by atoms with E-state index in [9.17, 15) is 20.2 Å². The highest BCUT2D eigenvalue weighted by Crippen LogP contribution is 2.28. The van der Waals surface area contributed by atoms with Gasteiger partial charge in [0.1, 0.15) is 18.8 Å². The molecule has 0 aliphatic carbocycles. The molecule has 0 aromatic heterocycles. The molecule has 1 aliphatic rings. The maximum absolute atomic E-state index is 11.0. The maximum Gasteiger partial charge on any atom is 0.299 e. The lowest BCUT2D eigenvalue weighted by Crippen LogP contribution is -3.14. The molecule has 21 heavy (non-hydrogen) atoms. The second-order valence-corrected chi connectivity index (χ2v) is 4.75. The van der Waals surface area contributed by atoms with Crippen molar-refractivity contribution in [3.8, 4) is 0 Å². The Labute approximate surface area is 120 Å². The predicted molar refractivity (Wildman–Crippen MR) is 74.6 cm³/mol. The Morgan fingerprint density at radius 2 is 1.90 bits per heavy atom. The fraction of sp³-hybridized carbons (Fsp3) is 0.500. The quantitative estimate of drug-likeness (QED) is 0.557. The standard InChI is InChI=1S/C12H16N4O5/c17-15(18)10-1-2-11(12(9-10)16(19)20)13-3-4-14-5-7-21-8-6-14/h1-2,9,13H,3-8H2/p+1. The normalized spacial score (nSPS) is 15.6. The van der Waals surface area contributed by atoms with Crippen molar-refractivity contribution in [2.75, 3.05) is 44.7 Å². The monoisotopic (exact) mass is 297 g/mol. The zero-order valence-electron chi connectivity index (χ0n) is 11.4. The van der Waals surface area contributed by atoms with E-state index in [4.69, 9.17) is 4.74 Å². The Bertz CT molecular complexity index is 530. The molecule has 1 aromatic rings.